The van der Waals surface area contributed by atoms with Gasteiger partial charge in [0.25, 0.3) is 5.91 Å². The van der Waals surface area contributed by atoms with Gasteiger partial charge in [-0.25, -0.2) is 8.78 Å². The van der Waals surface area contributed by atoms with Crippen LogP contribution >= 0.6 is 0 Å². The van der Waals surface area contributed by atoms with Crippen LogP contribution in [0.15, 0.2) is 36.4 Å². The van der Waals surface area contributed by atoms with Gasteiger partial charge in [-0.2, -0.15) is 0 Å². The maximum Gasteiger partial charge on any atom is 0.254 e. The molecule has 1 heterocycles. The molecule has 0 bridgehead atoms. The lowest BCUT2D eigenvalue weighted by Crippen LogP contribution is -2.45. The molecule has 132 valence electrons. The van der Waals surface area contributed by atoms with Crippen molar-refractivity contribution in [1.29, 1.82) is 0 Å². The molecule has 0 aromatic heterocycles. The van der Waals surface area contributed by atoms with E-state index in [1.54, 1.807) is 4.90 Å². The second kappa shape index (κ2) is 7.21. The molecule has 25 heavy (non-hydrogen) atoms. The van der Waals surface area contributed by atoms with Gasteiger partial charge in [-0.15, -0.1) is 0 Å². The van der Waals surface area contributed by atoms with E-state index in [-0.39, 0.29) is 17.5 Å². The monoisotopic (exact) mass is 344 g/mol. The largest absolute Gasteiger partial charge is 0.381 e. The van der Waals surface area contributed by atoms with Crippen molar-refractivity contribution in [2.45, 2.75) is 32.7 Å². The first kappa shape index (κ1) is 17.4. The summed E-state index contributed by atoms with van der Waals surface area (Å²) in [4.78, 5) is 14.2. The molecular weight excluding hydrogens is 322 g/mol. The fourth-order valence-electron chi connectivity index (χ4n) is 3.21. The molecule has 1 atom stereocenters. The zero-order chi connectivity index (χ0) is 18.0. The van der Waals surface area contributed by atoms with Gasteiger partial charge in [0.05, 0.1) is 0 Å². The number of piperidine rings is 1. The Morgan fingerprint density at radius 3 is 2.48 bits per heavy atom. The van der Waals surface area contributed by atoms with Crippen molar-refractivity contribution in [3.63, 3.8) is 0 Å². The molecule has 3 rings (SSSR count). The maximum atomic E-state index is 13.4. The van der Waals surface area contributed by atoms with Gasteiger partial charge in [-0.3, -0.25) is 4.79 Å². The highest BCUT2D eigenvalue weighted by atomic mass is 19.1. The summed E-state index contributed by atoms with van der Waals surface area (Å²) < 4.78 is 26.7. The molecule has 0 radical (unpaired) electrons. The molecule has 1 N–H and O–H groups in total. The zero-order valence-electron chi connectivity index (χ0n) is 14.5. The van der Waals surface area contributed by atoms with Gasteiger partial charge in [0.2, 0.25) is 0 Å². The van der Waals surface area contributed by atoms with Crippen LogP contribution in [-0.2, 0) is 0 Å². The minimum absolute atomic E-state index is 0.0596. The fraction of sp³-hybridized carbons (Fsp3) is 0.350. The van der Waals surface area contributed by atoms with Crippen molar-refractivity contribution in [3.05, 3.63) is 64.7 Å². The van der Waals surface area contributed by atoms with Crippen LogP contribution in [0.1, 0.15) is 34.3 Å². The van der Waals surface area contributed by atoms with E-state index in [2.05, 4.69) is 31.3 Å². The number of carbonyl (C=O) groups is 1. The second-order valence-corrected chi connectivity index (χ2v) is 6.69. The Labute approximate surface area is 146 Å². The zero-order valence-corrected chi connectivity index (χ0v) is 14.5. The summed E-state index contributed by atoms with van der Waals surface area (Å²) in [5.74, 6) is -1.79. The van der Waals surface area contributed by atoms with Gasteiger partial charge in [0.1, 0.15) is 11.6 Å². The lowest BCUT2D eigenvalue weighted by molar-refractivity contribution is 0.0714. The molecule has 0 saturated carbocycles. The van der Waals surface area contributed by atoms with Crippen molar-refractivity contribution in [3.8, 4) is 0 Å². The topological polar surface area (TPSA) is 32.3 Å². The number of anilines is 1. The second-order valence-electron chi connectivity index (χ2n) is 6.69. The van der Waals surface area contributed by atoms with Gasteiger partial charge < -0.3 is 10.2 Å². The normalized spacial score (nSPS) is 17.4. The number of nitrogens with one attached hydrogen (secondary N) is 1. The van der Waals surface area contributed by atoms with Crippen molar-refractivity contribution < 1.29 is 13.6 Å². The number of hydrogen-bond donors (Lipinski definition) is 1. The van der Waals surface area contributed by atoms with Crippen molar-refractivity contribution in [1.82, 2.24) is 4.90 Å². The molecule has 0 spiro atoms. The summed E-state index contributed by atoms with van der Waals surface area (Å²) >= 11 is 0. The molecule has 1 fully saturated rings. The summed E-state index contributed by atoms with van der Waals surface area (Å²) in [6.07, 6.45) is 1.81. The summed E-state index contributed by atoms with van der Waals surface area (Å²) in [6.45, 7) is 5.25. The minimum atomic E-state index is -0.731. The minimum Gasteiger partial charge on any atom is -0.381 e. The van der Waals surface area contributed by atoms with E-state index in [4.69, 9.17) is 0 Å². The number of hydrogen-bond acceptors (Lipinski definition) is 2. The van der Waals surface area contributed by atoms with Gasteiger partial charge in [0, 0.05) is 36.4 Å². The Hall–Kier alpha value is -2.43. The quantitative estimate of drug-likeness (QED) is 0.900. The van der Waals surface area contributed by atoms with Gasteiger partial charge in [-0.05, 0) is 62.1 Å². The van der Waals surface area contributed by atoms with Crippen LogP contribution in [0, 0.1) is 25.5 Å². The van der Waals surface area contributed by atoms with E-state index < -0.39 is 11.6 Å². The Morgan fingerprint density at radius 1 is 1.08 bits per heavy atom. The van der Waals surface area contributed by atoms with Gasteiger partial charge >= 0.3 is 0 Å². The average Bonchev–Trinajstić information content (AvgIpc) is 2.57. The van der Waals surface area contributed by atoms with Crippen LogP contribution < -0.4 is 5.32 Å². The smallest absolute Gasteiger partial charge is 0.254 e. The third kappa shape index (κ3) is 4.16. The van der Waals surface area contributed by atoms with Gasteiger partial charge in [0.15, 0.2) is 0 Å². The molecule has 0 aliphatic carbocycles. The van der Waals surface area contributed by atoms with Crippen molar-refractivity contribution >= 4 is 11.6 Å². The molecular formula is C20H22F2N2O. The molecule has 1 amide bonds. The molecule has 1 aliphatic rings. The third-order valence-electron chi connectivity index (χ3n) is 4.70. The summed E-state index contributed by atoms with van der Waals surface area (Å²) in [6, 6.07) is 9.27. The Morgan fingerprint density at radius 2 is 1.80 bits per heavy atom. The average molecular weight is 344 g/mol. The highest BCUT2D eigenvalue weighted by Crippen LogP contribution is 2.20. The van der Waals surface area contributed by atoms with Crippen LogP contribution in [-0.4, -0.2) is 29.9 Å². The molecule has 5 heteroatoms. The summed E-state index contributed by atoms with van der Waals surface area (Å²) in [5.41, 5.74) is 3.53. The Kier molecular flexibility index (Phi) is 5.02. The first-order valence-corrected chi connectivity index (χ1v) is 8.51. The molecule has 1 aliphatic heterocycles. The molecule has 1 saturated heterocycles. The predicted molar refractivity (Wildman–Crippen MR) is 94.8 cm³/mol. The summed E-state index contributed by atoms with van der Waals surface area (Å²) in [5, 5.41) is 3.47. The van der Waals surface area contributed by atoms with Crippen LogP contribution in [0.5, 0.6) is 0 Å². The SMILES string of the molecule is Cc1ccc(NC2CCCN(C(=O)c3cc(F)cc(F)c3)C2)cc1C. The Bertz CT molecular complexity index is 771. The lowest BCUT2D eigenvalue weighted by Gasteiger charge is -2.34. The van der Waals surface area contributed by atoms with E-state index in [0.29, 0.717) is 13.1 Å². The first-order valence-electron chi connectivity index (χ1n) is 8.51. The standard InChI is InChI=1S/C20H22F2N2O/c1-13-5-6-18(8-14(13)2)23-19-4-3-7-24(12-19)20(25)15-9-16(21)11-17(22)10-15/h5-6,8-11,19,23H,3-4,7,12H2,1-2H3. The summed E-state index contributed by atoms with van der Waals surface area (Å²) in [7, 11) is 0. The maximum absolute atomic E-state index is 13.4. The predicted octanol–water partition coefficient (Wildman–Crippen LogP) is 4.30. The Balaban J connectivity index is 1.69. The van der Waals surface area contributed by atoms with Crippen LogP contribution in [0.25, 0.3) is 0 Å². The van der Waals surface area contributed by atoms with E-state index in [9.17, 15) is 13.6 Å². The number of carbonyl (C=O) groups excluding carboxylic acids is 1. The number of amides is 1. The van der Waals surface area contributed by atoms with E-state index >= 15 is 0 Å². The molecule has 2 aromatic rings. The number of nitrogens with zero attached hydrogens (tertiary/aromatic N) is 1. The molecule has 2 aromatic carbocycles. The van der Waals surface area contributed by atoms with E-state index in [1.165, 1.54) is 11.1 Å². The van der Waals surface area contributed by atoms with Crippen LogP contribution in [0.4, 0.5) is 14.5 Å². The van der Waals surface area contributed by atoms with Crippen LogP contribution in [0.3, 0.4) is 0 Å². The number of aryl methyl sites for hydroxylation is 2. The lowest BCUT2D eigenvalue weighted by atomic mass is 10.0. The fourth-order valence-corrected chi connectivity index (χ4v) is 3.21. The van der Waals surface area contributed by atoms with Crippen molar-refractivity contribution in [2.75, 3.05) is 18.4 Å². The van der Waals surface area contributed by atoms with Crippen molar-refractivity contribution in [2.24, 2.45) is 0 Å². The number of rotatable bonds is 3. The van der Waals surface area contributed by atoms with E-state index in [0.717, 1.165) is 36.7 Å². The number of halogens is 2. The highest BCUT2D eigenvalue weighted by Gasteiger charge is 2.25. The first-order chi connectivity index (χ1) is 11.9. The highest BCUT2D eigenvalue weighted by molar-refractivity contribution is 5.94. The van der Waals surface area contributed by atoms with Gasteiger partial charge in [-0.1, -0.05) is 6.07 Å². The number of likely N-dealkylation sites (tertiary alicyclic amines) is 1. The molecule has 3 nitrogen and oxygen atoms in total. The third-order valence-corrected chi connectivity index (χ3v) is 4.70. The molecule has 1 unspecified atom stereocenters. The van der Waals surface area contributed by atoms with E-state index in [1.807, 2.05) is 6.07 Å². The number of benzene rings is 2. The van der Waals surface area contributed by atoms with Crippen LogP contribution in [0.2, 0.25) is 0 Å².